The Balaban J connectivity index is 2.99. The lowest BCUT2D eigenvalue weighted by molar-refractivity contribution is -0.0921. The molecule has 0 bridgehead atoms. The van der Waals surface area contributed by atoms with E-state index in [-0.39, 0.29) is 16.2 Å². The molecule has 1 aliphatic rings. The maximum atomic E-state index is 12.6. The van der Waals surface area contributed by atoms with E-state index in [0.717, 1.165) is 12.8 Å². The smallest absolute Gasteiger partial charge is 0.167 e. The molecule has 0 aromatic rings. The van der Waals surface area contributed by atoms with Crippen LogP contribution in [0.1, 0.15) is 54.4 Å². The number of halogens is 3. The van der Waals surface area contributed by atoms with Crippen LogP contribution in [0.15, 0.2) is 11.6 Å². The fourth-order valence-corrected chi connectivity index (χ4v) is 2.79. The second-order valence-electron chi connectivity index (χ2n) is 7.28. The van der Waals surface area contributed by atoms with E-state index >= 15 is 0 Å². The Morgan fingerprint density at radius 1 is 1.18 bits per heavy atom. The molecule has 0 N–H and O–H groups in total. The standard InChI is InChI=1S/C14H23F3/c1-10(14(15,16)17)7-13(8-11(2,3)4)9-12(13,5)6/h7H,8-9H2,1-6H3/b10-7+. The number of alkyl halides is 3. The van der Waals surface area contributed by atoms with E-state index in [1.807, 2.05) is 0 Å². The van der Waals surface area contributed by atoms with Crippen LogP contribution in [-0.4, -0.2) is 6.18 Å². The summed E-state index contributed by atoms with van der Waals surface area (Å²) < 4.78 is 37.9. The number of allylic oxidation sites excluding steroid dienone is 2. The van der Waals surface area contributed by atoms with Crippen molar-refractivity contribution in [3.05, 3.63) is 11.6 Å². The summed E-state index contributed by atoms with van der Waals surface area (Å²) >= 11 is 0. The highest BCUT2D eigenvalue weighted by Gasteiger charge is 2.60. The molecule has 100 valence electrons. The molecule has 0 nitrogen and oxygen atoms in total. The zero-order chi connectivity index (χ0) is 13.7. The van der Waals surface area contributed by atoms with Crippen molar-refractivity contribution < 1.29 is 13.2 Å². The van der Waals surface area contributed by atoms with E-state index in [1.54, 1.807) is 0 Å². The highest BCUT2D eigenvalue weighted by Crippen LogP contribution is 2.69. The Morgan fingerprint density at radius 2 is 1.59 bits per heavy atom. The Hall–Kier alpha value is -0.470. The summed E-state index contributed by atoms with van der Waals surface area (Å²) in [6.07, 6.45) is -1.06. The van der Waals surface area contributed by atoms with Crippen molar-refractivity contribution >= 4 is 0 Å². The first kappa shape index (κ1) is 14.6. The molecule has 1 saturated carbocycles. The average molecular weight is 248 g/mol. The molecular formula is C14H23F3. The summed E-state index contributed by atoms with van der Waals surface area (Å²) in [5.74, 6) is 0. The minimum absolute atomic E-state index is 0.00715. The molecule has 1 atom stereocenters. The van der Waals surface area contributed by atoms with Crippen LogP contribution in [0.5, 0.6) is 0 Å². The van der Waals surface area contributed by atoms with Crippen molar-refractivity contribution in [2.24, 2.45) is 16.2 Å². The second-order valence-corrected chi connectivity index (χ2v) is 7.28. The van der Waals surface area contributed by atoms with Gasteiger partial charge in [-0.05, 0) is 36.0 Å². The van der Waals surface area contributed by atoms with E-state index in [2.05, 4.69) is 34.6 Å². The Morgan fingerprint density at radius 3 is 1.82 bits per heavy atom. The molecule has 17 heavy (non-hydrogen) atoms. The van der Waals surface area contributed by atoms with Gasteiger partial charge in [-0.15, -0.1) is 0 Å². The normalized spacial score (nSPS) is 29.4. The fraction of sp³-hybridized carbons (Fsp3) is 0.857. The first-order chi connectivity index (χ1) is 7.29. The summed E-state index contributed by atoms with van der Waals surface area (Å²) in [7, 11) is 0. The first-order valence-corrected chi connectivity index (χ1v) is 6.06. The Bertz CT molecular complexity index is 328. The number of rotatable bonds is 2. The maximum absolute atomic E-state index is 12.6. The Kier molecular flexibility index (Phi) is 3.23. The van der Waals surface area contributed by atoms with Crippen molar-refractivity contribution in [1.82, 2.24) is 0 Å². The van der Waals surface area contributed by atoms with Crippen molar-refractivity contribution in [3.8, 4) is 0 Å². The van der Waals surface area contributed by atoms with Gasteiger partial charge >= 0.3 is 6.18 Å². The summed E-state index contributed by atoms with van der Waals surface area (Å²) in [6, 6.07) is 0. The minimum atomic E-state index is -4.19. The zero-order valence-corrected chi connectivity index (χ0v) is 11.6. The van der Waals surface area contributed by atoms with Gasteiger partial charge in [0.25, 0.3) is 0 Å². The summed E-state index contributed by atoms with van der Waals surface area (Å²) in [5, 5.41) is 0. The summed E-state index contributed by atoms with van der Waals surface area (Å²) in [6.45, 7) is 11.5. The highest BCUT2D eigenvalue weighted by atomic mass is 19.4. The predicted octanol–water partition coefficient (Wildman–Crippen LogP) is 5.35. The molecular weight excluding hydrogens is 225 g/mol. The number of hydrogen-bond acceptors (Lipinski definition) is 0. The highest BCUT2D eigenvalue weighted by molar-refractivity contribution is 5.25. The topological polar surface area (TPSA) is 0 Å². The quantitative estimate of drug-likeness (QED) is 0.578. The van der Waals surface area contributed by atoms with Crippen molar-refractivity contribution in [3.63, 3.8) is 0 Å². The van der Waals surface area contributed by atoms with Gasteiger partial charge in [-0.3, -0.25) is 0 Å². The van der Waals surface area contributed by atoms with Gasteiger partial charge in [-0.1, -0.05) is 40.7 Å². The molecule has 1 unspecified atom stereocenters. The fourth-order valence-electron chi connectivity index (χ4n) is 2.79. The van der Waals surface area contributed by atoms with Gasteiger partial charge in [0.1, 0.15) is 0 Å². The largest absolute Gasteiger partial charge is 0.412 e. The molecule has 0 aromatic heterocycles. The first-order valence-electron chi connectivity index (χ1n) is 6.06. The van der Waals surface area contributed by atoms with E-state index in [0.29, 0.717) is 0 Å². The zero-order valence-electron chi connectivity index (χ0n) is 11.6. The van der Waals surface area contributed by atoms with E-state index in [4.69, 9.17) is 0 Å². The monoisotopic (exact) mass is 248 g/mol. The third-order valence-corrected chi connectivity index (χ3v) is 3.77. The van der Waals surface area contributed by atoms with Crippen LogP contribution in [-0.2, 0) is 0 Å². The third-order valence-electron chi connectivity index (χ3n) is 3.77. The van der Waals surface area contributed by atoms with Crippen LogP contribution in [0.25, 0.3) is 0 Å². The van der Waals surface area contributed by atoms with Crippen molar-refractivity contribution in [1.29, 1.82) is 0 Å². The summed E-state index contributed by atoms with van der Waals surface area (Å²) in [4.78, 5) is 0. The molecule has 0 aromatic carbocycles. The summed E-state index contributed by atoms with van der Waals surface area (Å²) in [5.41, 5.74) is -0.680. The van der Waals surface area contributed by atoms with Gasteiger partial charge in [-0.2, -0.15) is 13.2 Å². The molecule has 3 heteroatoms. The van der Waals surface area contributed by atoms with Gasteiger partial charge < -0.3 is 0 Å². The minimum Gasteiger partial charge on any atom is -0.167 e. The molecule has 1 aliphatic carbocycles. The molecule has 0 saturated heterocycles. The lowest BCUT2D eigenvalue weighted by Crippen LogP contribution is -2.19. The lowest BCUT2D eigenvalue weighted by Gasteiger charge is -2.27. The third kappa shape index (κ3) is 3.26. The van der Waals surface area contributed by atoms with Gasteiger partial charge in [-0.25, -0.2) is 0 Å². The van der Waals surface area contributed by atoms with Crippen molar-refractivity contribution in [2.45, 2.75) is 60.6 Å². The van der Waals surface area contributed by atoms with Crippen LogP contribution in [0.3, 0.4) is 0 Å². The van der Waals surface area contributed by atoms with E-state index < -0.39 is 11.7 Å². The Labute approximate surface area is 102 Å². The van der Waals surface area contributed by atoms with E-state index in [1.165, 1.54) is 13.0 Å². The molecule has 0 aliphatic heterocycles. The van der Waals surface area contributed by atoms with Gasteiger partial charge in [0, 0.05) is 5.57 Å². The lowest BCUT2D eigenvalue weighted by atomic mass is 9.78. The average Bonchev–Trinajstić information content (AvgIpc) is 2.44. The van der Waals surface area contributed by atoms with Crippen molar-refractivity contribution in [2.75, 3.05) is 0 Å². The van der Waals surface area contributed by atoms with Crippen LogP contribution >= 0.6 is 0 Å². The van der Waals surface area contributed by atoms with Gasteiger partial charge in [0.2, 0.25) is 0 Å². The SMILES string of the molecule is C/C(=C\C1(CC(C)(C)C)CC1(C)C)C(F)(F)F. The predicted molar refractivity (Wildman–Crippen MR) is 64.7 cm³/mol. The molecule has 0 radical (unpaired) electrons. The van der Waals surface area contributed by atoms with Crippen LogP contribution in [0.2, 0.25) is 0 Å². The van der Waals surface area contributed by atoms with Gasteiger partial charge in [0.15, 0.2) is 0 Å². The van der Waals surface area contributed by atoms with E-state index in [9.17, 15) is 13.2 Å². The maximum Gasteiger partial charge on any atom is 0.412 e. The molecule has 0 spiro atoms. The van der Waals surface area contributed by atoms with Crippen LogP contribution in [0.4, 0.5) is 13.2 Å². The van der Waals surface area contributed by atoms with Crippen LogP contribution in [0, 0.1) is 16.2 Å². The molecule has 0 amide bonds. The molecule has 1 rings (SSSR count). The number of hydrogen-bond donors (Lipinski definition) is 0. The van der Waals surface area contributed by atoms with Gasteiger partial charge in [0.05, 0.1) is 0 Å². The van der Waals surface area contributed by atoms with Crippen LogP contribution < -0.4 is 0 Å². The molecule has 0 heterocycles. The second kappa shape index (κ2) is 3.76. The molecule has 1 fully saturated rings.